The normalized spacial score (nSPS) is 12.7. The third kappa shape index (κ3) is 10.6. The number of carbonyl (C=O) groups is 5. The topological polar surface area (TPSA) is 168 Å². The van der Waals surface area contributed by atoms with Gasteiger partial charge in [0.2, 0.25) is 23.6 Å². The Morgan fingerprint density at radius 3 is 2.16 bits per heavy atom. The van der Waals surface area contributed by atoms with Gasteiger partial charge in [-0.15, -0.1) is 0 Å². The lowest BCUT2D eigenvalue weighted by Gasteiger charge is -2.24. The molecule has 0 bridgehead atoms. The average molecular weight is 432 g/mol. The Morgan fingerprint density at radius 1 is 0.968 bits per heavy atom. The molecule has 2 atom stereocenters. The minimum absolute atomic E-state index is 0.0466. The number of hydrogen-bond acceptors (Lipinski definition) is 5. The highest BCUT2D eigenvalue weighted by molar-refractivity contribution is 5.97. The van der Waals surface area contributed by atoms with E-state index < -0.39 is 41.7 Å². The van der Waals surface area contributed by atoms with E-state index in [1.54, 1.807) is 30.3 Å². The molecule has 168 valence electrons. The van der Waals surface area contributed by atoms with Gasteiger partial charge in [0.05, 0.1) is 6.54 Å². The van der Waals surface area contributed by atoms with Crippen LogP contribution in [0.2, 0.25) is 0 Å². The zero-order chi connectivity index (χ0) is 23.4. The number of carboxylic acid groups (broad SMARTS) is 1. The molecule has 0 unspecified atom stereocenters. The van der Waals surface area contributed by atoms with Crippen LogP contribution >= 0.6 is 0 Å². The van der Waals surface area contributed by atoms with Gasteiger partial charge in [-0.05, 0) is 17.9 Å². The van der Waals surface area contributed by atoms with E-state index in [9.17, 15) is 24.0 Å². The van der Waals surface area contributed by atoms with Crippen molar-refractivity contribution in [2.24, 2.45) is 11.7 Å². The van der Waals surface area contributed by atoms with Gasteiger partial charge >= 0.3 is 5.97 Å². The van der Waals surface area contributed by atoms with Gasteiger partial charge in [0.1, 0.15) is 12.1 Å². The first-order valence-corrected chi connectivity index (χ1v) is 9.70. The first-order valence-electron chi connectivity index (χ1n) is 9.70. The number of hydrogen-bond donors (Lipinski definition) is 5. The number of benzene rings is 1. The van der Waals surface area contributed by atoms with E-state index >= 15 is 0 Å². The van der Waals surface area contributed by atoms with Crippen LogP contribution in [0.5, 0.6) is 0 Å². The summed E-state index contributed by atoms with van der Waals surface area (Å²) in [5.74, 6) is -3.94. The molecule has 31 heavy (non-hydrogen) atoms. The van der Waals surface area contributed by atoms with Crippen molar-refractivity contribution in [1.82, 2.24) is 16.0 Å². The van der Waals surface area contributed by atoms with Gasteiger partial charge in [-0.3, -0.25) is 19.2 Å². The molecule has 0 aliphatic carbocycles. The van der Waals surface area contributed by atoms with Crippen molar-refractivity contribution in [3.63, 3.8) is 0 Å². The van der Waals surface area contributed by atoms with Gasteiger partial charge < -0.3 is 26.8 Å². The predicted octanol–water partition coefficient (Wildman–Crippen LogP) is -0.513. The van der Waals surface area contributed by atoms with Crippen LogP contribution in [0, 0.1) is 5.92 Å². The molecule has 10 heteroatoms. The van der Waals surface area contributed by atoms with Crippen molar-refractivity contribution < 1.29 is 29.1 Å². The molecule has 10 nitrogen and oxygen atoms in total. The Kier molecular flexibility index (Phi) is 10.5. The van der Waals surface area contributed by atoms with Crippen LogP contribution in [0.15, 0.2) is 42.5 Å². The number of amides is 4. The quantitative estimate of drug-likeness (QED) is 0.279. The zero-order valence-electron chi connectivity index (χ0n) is 17.5. The minimum atomic E-state index is -1.30. The molecule has 0 fully saturated rings. The summed E-state index contributed by atoms with van der Waals surface area (Å²) < 4.78 is 0. The second-order valence-electron chi connectivity index (χ2n) is 7.30. The monoisotopic (exact) mass is 432 g/mol. The van der Waals surface area contributed by atoms with Crippen molar-refractivity contribution in [2.45, 2.75) is 38.8 Å². The maximum Gasteiger partial charge on any atom is 0.328 e. The number of nitrogens with two attached hydrogens (primary N) is 1. The van der Waals surface area contributed by atoms with Gasteiger partial charge in [0.25, 0.3) is 0 Å². The van der Waals surface area contributed by atoms with E-state index in [-0.39, 0.29) is 18.9 Å². The molecule has 1 aromatic carbocycles. The maximum atomic E-state index is 12.9. The zero-order valence-corrected chi connectivity index (χ0v) is 17.5. The highest BCUT2D eigenvalue weighted by atomic mass is 16.4. The van der Waals surface area contributed by atoms with Crippen LogP contribution in [0.4, 0.5) is 0 Å². The van der Waals surface area contributed by atoms with Crippen LogP contribution in [-0.2, 0) is 30.4 Å². The average Bonchev–Trinajstić information content (AvgIpc) is 2.69. The molecule has 0 saturated heterocycles. The second-order valence-corrected chi connectivity index (χ2v) is 7.30. The Morgan fingerprint density at radius 2 is 1.61 bits per heavy atom. The van der Waals surface area contributed by atoms with Gasteiger partial charge in [-0.1, -0.05) is 44.2 Å². The van der Waals surface area contributed by atoms with Crippen LogP contribution in [0.1, 0.15) is 25.8 Å². The van der Waals surface area contributed by atoms with E-state index in [0.717, 1.165) is 11.6 Å². The van der Waals surface area contributed by atoms with Gasteiger partial charge in [-0.25, -0.2) is 4.79 Å². The van der Waals surface area contributed by atoms with Crippen LogP contribution in [0.25, 0.3) is 0 Å². The summed E-state index contributed by atoms with van der Waals surface area (Å²) in [6, 6.07) is 6.87. The fourth-order valence-corrected chi connectivity index (χ4v) is 2.70. The Labute approximate surface area is 180 Å². The fraction of sp³-hybridized carbons (Fsp3) is 0.381. The Balaban J connectivity index is 2.99. The standard InChI is InChI=1S/C21H28N4O6/c1-13(2)10-15(20(30)23-12-17(22)26)25-21(31)16(11-14-6-4-3-5-7-14)24-18(27)8-9-19(28)29/h3-9,13,15-16H,10-12H2,1-2H3,(H2,22,26)(H,23,30)(H,24,27)(H,25,31)(H,28,29)/b9-8+/t15-,16-/m0/s1. The van der Waals surface area contributed by atoms with Crippen molar-refractivity contribution in [1.29, 1.82) is 0 Å². The van der Waals surface area contributed by atoms with Crippen LogP contribution in [-0.4, -0.2) is 53.3 Å². The maximum absolute atomic E-state index is 12.9. The number of nitrogens with one attached hydrogen (secondary N) is 3. The van der Waals surface area contributed by atoms with Gasteiger partial charge in [0, 0.05) is 18.6 Å². The van der Waals surface area contributed by atoms with E-state index in [1.807, 2.05) is 13.8 Å². The summed E-state index contributed by atoms with van der Waals surface area (Å²) in [5, 5.41) is 16.1. The van der Waals surface area contributed by atoms with Gasteiger partial charge in [-0.2, -0.15) is 0 Å². The molecule has 0 aliphatic heterocycles. The number of carbonyl (C=O) groups excluding carboxylic acids is 4. The predicted molar refractivity (Wildman–Crippen MR) is 112 cm³/mol. The third-order valence-electron chi connectivity index (χ3n) is 4.07. The smallest absolute Gasteiger partial charge is 0.328 e. The molecule has 0 aromatic heterocycles. The highest BCUT2D eigenvalue weighted by Gasteiger charge is 2.27. The second kappa shape index (κ2) is 12.8. The molecule has 0 aliphatic rings. The number of carboxylic acids is 1. The summed E-state index contributed by atoms with van der Waals surface area (Å²) in [6.07, 6.45) is 1.88. The lowest BCUT2D eigenvalue weighted by atomic mass is 10.0. The number of primary amides is 1. The van der Waals surface area contributed by atoms with Gasteiger partial charge in [0.15, 0.2) is 0 Å². The molecule has 0 spiro atoms. The molecule has 0 radical (unpaired) electrons. The van der Waals surface area contributed by atoms with Crippen molar-refractivity contribution >= 4 is 29.6 Å². The summed E-state index contributed by atoms with van der Waals surface area (Å²) >= 11 is 0. The minimum Gasteiger partial charge on any atom is -0.478 e. The van der Waals surface area contributed by atoms with Crippen molar-refractivity contribution in [2.75, 3.05) is 6.54 Å². The summed E-state index contributed by atoms with van der Waals surface area (Å²) in [4.78, 5) is 58.9. The lowest BCUT2D eigenvalue weighted by molar-refractivity contribution is -0.132. The molecule has 4 amide bonds. The van der Waals surface area contributed by atoms with E-state index in [2.05, 4.69) is 16.0 Å². The van der Waals surface area contributed by atoms with Crippen molar-refractivity contribution in [3.8, 4) is 0 Å². The SMILES string of the molecule is CC(C)C[C@H](NC(=O)[C@H](Cc1ccccc1)NC(=O)/C=C/C(=O)O)C(=O)NCC(N)=O. The number of rotatable bonds is 12. The summed E-state index contributed by atoms with van der Waals surface area (Å²) in [5.41, 5.74) is 5.80. The highest BCUT2D eigenvalue weighted by Crippen LogP contribution is 2.08. The van der Waals surface area contributed by atoms with E-state index in [0.29, 0.717) is 12.5 Å². The van der Waals surface area contributed by atoms with E-state index in [1.165, 1.54) is 0 Å². The van der Waals surface area contributed by atoms with Crippen molar-refractivity contribution in [3.05, 3.63) is 48.0 Å². The molecule has 1 aromatic rings. The third-order valence-corrected chi connectivity index (χ3v) is 4.07. The Hall–Kier alpha value is -3.69. The number of aliphatic carboxylic acids is 1. The largest absolute Gasteiger partial charge is 0.478 e. The molecule has 0 heterocycles. The molecular formula is C21H28N4O6. The first kappa shape index (κ1) is 25.3. The molecule has 1 rings (SSSR count). The van der Waals surface area contributed by atoms with E-state index in [4.69, 9.17) is 10.8 Å². The molecular weight excluding hydrogens is 404 g/mol. The molecule has 6 N–H and O–H groups in total. The van der Waals surface area contributed by atoms with Crippen LogP contribution < -0.4 is 21.7 Å². The first-order chi connectivity index (χ1) is 14.6. The Bertz CT molecular complexity index is 822. The summed E-state index contributed by atoms with van der Waals surface area (Å²) in [7, 11) is 0. The lowest BCUT2D eigenvalue weighted by Crippen LogP contribution is -2.55. The molecule has 0 saturated carbocycles. The fourth-order valence-electron chi connectivity index (χ4n) is 2.70. The van der Waals surface area contributed by atoms with Crippen LogP contribution in [0.3, 0.4) is 0 Å². The summed E-state index contributed by atoms with van der Waals surface area (Å²) in [6.45, 7) is 3.36.